The molecule has 0 aliphatic rings. The number of rotatable bonds is 7. The van der Waals surface area contributed by atoms with E-state index in [4.69, 9.17) is 10.5 Å². The molecule has 0 atom stereocenters. The van der Waals surface area contributed by atoms with Gasteiger partial charge >= 0.3 is 12.0 Å². The molecule has 0 aliphatic carbocycles. The number of halogens is 1. The lowest BCUT2D eigenvalue weighted by atomic mass is 10.1. The summed E-state index contributed by atoms with van der Waals surface area (Å²) < 4.78 is 23.1. The van der Waals surface area contributed by atoms with Crippen LogP contribution in [0.3, 0.4) is 0 Å². The third-order valence-electron chi connectivity index (χ3n) is 4.16. The number of carbonyl (C=O) groups excluding carboxylic acids is 3. The van der Waals surface area contributed by atoms with Crippen LogP contribution in [-0.2, 0) is 9.53 Å². The number of amides is 3. The number of nitrogens with one attached hydrogen (secondary N) is 2. The van der Waals surface area contributed by atoms with Crippen molar-refractivity contribution in [3.63, 3.8) is 0 Å². The van der Waals surface area contributed by atoms with E-state index in [0.29, 0.717) is 22.8 Å². The van der Waals surface area contributed by atoms with Crippen molar-refractivity contribution < 1.29 is 28.2 Å². The van der Waals surface area contributed by atoms with Crippen LogP contribution in [0.4, 0.5) is 14.9 Å². The molecular formula is C22H19FN4O5. The Bertz CT molecular complexity index is 1130. The van der Waals surface area contributed by atoms with E-state index >= 15 is 0 Å². The standard InChI is InChI=1S/C22H19FN4O5/c1-31-20(28)12-25-22(30)26-15-10-18(27-19(11-15)21(24)29)13-2-6-16(7-3-13)32-17-8-4-14(23)5-9-17/h2-11H,12H2,1H3,(H2,24,29)(H2,25,26,27,30). The minimum Gasteiger partial charge on any atom is -0.468 e. The van der Waals surface area contributed by atoms with Crippen LogP contribution in [0.2, 0.25) is 0 Å². The second-order valence-corrected chi connectivity index (χ2v) is 6.45. The third-order valence-corrected chi connectivity index (χ3v) is 4.16. The molecule has 0 bridgehead atoms. The number of carbonyl (C=O) groups is 3. The third kappa shape index (κ3) is 6.02. The number of methoxy groups -OCH3 is 1. The van der Waals surface area contributed by atoms with Crippen molar-refractivity contribution in [2.24, 2.45) is 5.73 Å². The van der Waals surface area contributed by atoms with Gasteiger partial charge in [0.1, 0.15) is 29.6 Å². The topological polar surface area (TPSA) is 133 Å². The maximum Gasteiger partial charge on any atom is 0.325 e. The molecule has 3 amide bonds. The lowest BCUT2D eigenvalue weighted by Crippen LogP contribution is -2.33. The second kappa shape index (κ2) is 10.0. The highest BCUT2D eigenvalue weighted by Gasteiger charge is 2.12. The molecule has 164 valence electrons. The molecule has 0 radical (unpaired) electrons. The summed E-state index contributed by atoms with van der Waals surface area (Å²) in [7, 11) is 1.20. The van der Waals surface area contributed by atoms with Crippen LogP contribution >= 0.6 is 0 Å². The molecule has 0 spiro atoms. The van der Waals surface area contributed by atoms with E-state index in [0.717, 1.165) is 0 Å². The van der Waals surface area contributed by atoms with E-state index in [1.165, 1.54) is 37.4 Å². The molecule has 0 unspecified atom stereocenters. The average Bonchev–Trinajstić information content (AvgIpc) is 2.79. The Balaban J connectivity index is 1.78. The number of benzene rings is 2. The highest BCUT2D eigenvalue weighted by atomic mass is 19.1. The fourth-order valence-electron chi connectivity index (χ4n) is 2.61. The molecule has 4 N–H and O–H groups in total. The first kappa shape index (κ1) is 22.2. The van der Waals surface area contributed by atoms with Crippen molar-refractivity contribution in [2.75, 3.05) is 19.0 Å². The fraction of sp³-hybridized carbons (Fsp3) is 0.0909. The van der Waals surface area contributed by atoms with Gasteiger partial charge in [0.2, 0.25) is 0 Å². The van der Waals surface area contributed by atoms with Crippen LogP contribution in [0, 0.1) is 5.82 Å². The molecule has 10 heteroatoms. The highest BCUT2D eigenvalue weighted by molar-refractivity contribution is 5.96. The van der Waals surface area contributed by atoms with Gasteiger partial charge in [0.25, 0.3) is 5.91 Å². The zero-order valence-electron chi connectivity index (χ0n) is 16.9. The molecular weight excluding hydrogens is 419 g/mol. The number of primary amides is 1. The minimum atomic E-state index is -0.777. The van der Waals surface area contributed by atoms with Gasteiger partial charge in [-0.05, 0) is 60.7 Å². The summed E-state index contributed by atoms with van der Waals surface area (Å²) in [6.45, 7) is -0.321. The number of hydrogen-bond donors (Lipinski definition) is 3. The predicted molar refractivity (Wildman–Crippen MR) is 114 cm³/mol. The van der Waals surface area contributed by atoms with E-state index in [1.807, 2.05) is 0 Å². The number of nitrogens with zero attached hydrogens (tertiary/aromatic N) is 1. The van der Waals surface area contributed by atoms with Gasteiger partial charge < -0.3 is 25.8 Å². The maximum atomic E-state index is 13.0. The zero-order valence-corrected chi connectivity index (χ0v) is 16.9. The Morgan fingerprint density at radius 1 is 1.00 bits per heavy atom. The highest BCUT2D eigenvalue weighted by Crippen LogP contribution is 2.27. The number of urea groups is 1. The number of pyridine rings is 1. The molecule has 9 nitrogen and oxygen atoms in total. The molecule has 0 fully saturated rings. The van der Waals surface area contributed by atoms with Crippen molar-refractivity contribution in [3.8, 4) is 22.8 Å². The van der Waals surface area contributed by atoms with E-state index < -0.39 is 17.9 Å². The van der Waals surface area contributed by atoms with Crippen molar-refractivity contribution in [3.05, 3.63) is 72.2 Å². The van der Waals surface area contributed by atoms with Gasteiger partial charge in [-0.15, -0.1) is 0 Å². The van der Waals surface area contributed by atoms with Crippen LogP contribution in [0.1, 0.15) is 10.5 Å². The minimum absolute atomic E-state index is 0.0580. The normalized spacial score (nSPS) is 10.2. The van der Waals surface area contributed by atoms with Crippen LogP contribution in [0.15, 0.2) is 60.7 Å². The molecule has 3 aromatic rings. The van der Waals surface area contributed by atoms with Crippen LogP contribution in [-0.4, -0.2) is 36.5 Å². The number of esters is 1. The maximum absolute atomic E-state index is 13.0. The Kier molecular flexibility index (Phi) is 6.96. The molecule has 1 aromatic heterocycles. The summed E-state index contributed by atoms with van der Waals surface area (Å²) in [6, 6.07) is 14.5. The van der Waals surface area contributed by atoms with Gasteiger partial charge in [-0.2, -0.15) is 0 Å². The lowest BCUT2D eigenvalue weighted by Gasteiger charge is -2.11. The van der Waals surface area contributed by atoms with Gasteiger partial charge in [0.15, 0.2) is 0 Å². The first-order valence-electron chi connectivity index (χ1n) is 9.31. The Morgan fingerprint density at radius 3 is 2.22 bits per heavy atom. The number of nitrogens with two attached hydrogens (primary N) is 1. The molecule has 32 heavy (non-hydrogen) atoms. The summed E-state index contributed by atoms with van der Waals surface area (Å²) >= 11 is 0. The van der Waals surface area contributed by atoms with Crippen molar-refractivity contribution in [1.82, 2.24) is 10.3 Å². The summed E-state index contributed by atoms with van der Waals surface area (Å²) in [4.78, 5) is 39.0. The first-order chi connectivity index (χ1) is 15.3. The second-order valence-electron chi connectivity index (χ2n) is 6.45. The average molecular weight is 438 g/mol. The van der Waals surface area contributed by atoms with Gasteiger partial charge in [-0.3, -0.25) is 9.59 Å². The van der Waals surface area contributed by atoms with E-state index in [1.54, 1.807) is 30.3 Å². The van der Waals surface area contributed by atoms with Crippen LogP contribution in [0.5, 0.6) is 11.5 Å². The number of ether oxygens (including phenoxy) is 2. The summed E-state index contributed by atoms with van der Waals surface area (Å²) in [5.41, 5.74) is 6.55. The Labute approximate surface area is 182 Å². The van der Waals surface area contributed by atoms with Crippen LogP contribution in [0.25, 0.3) is 11.3 Å². The summed E-state index contributed by atoms with van der Waals surface area (Å²) in [6.07, 6.45) is 0. The molecule has 0 saturated carbocycles. The summed E-state index contributed by atoms with van der Waals surface area (Å²) in [5, 5.41) is 4.84. The predicted octanol–water partition coefficient (Wildman–Crippen LogP) is 3.07. The van der Waals surface area contributed by atoms with Gasteiger partial charge in [0.05, 0.1) is 12.8 Å². The van der Waals surface area contributed by atoms with Gasteiger partial charge in [0, 0.05) is 11.3 Å². The Hall–Kier alpha value is -4.47. The van der Waals surface area contributed by atoms with Crippen molar-refractivity contribution in [2.45, 2.75) is 0 Å². The molecule has 3 rings (SSSR count). The molecule has 1 heterocycles. The monoisotopic (exact) mass is 438 g/mol. The summed E-state index contributed by atoms with van der Waals surface area (Å²) in [5.74, 6) is -0.779. The number of hydrogen-bond acceptors (Lipinski definition) is 6. The zero-order chi connectivity index (χ0) is 23.1. The van der Waals surface area contributed by atoms with E-state index in [2.05, 4.69) is 20.4 Å². The largest absolute Gasteiger partial charge is 0.468 e. The van der Waals surface area contributed by atoms with E-state index in [-0.39, 0.29) is 23.7 Å². The SMILES string of the molecule is COC(=O)CNC(=O)Nc1cc(C(N)=O)nc(-c2ccc(Oc3ccc(F)cc3)cc2)c1. The van der Waals surface area contributed by atoms with Gasteiger partial charge in [-0.25, -0.2) is 14.2 Å². The Morgan fingerprint density at radius 2 is 1.62 bits per heavy atom. The number of anilines is 1. The van der Waals surface area contributed by atoms with Crippen molar-refractivity contribution >= 4 is 23.6 Å². The first-order valence-corrected chi connectivity index (χ1v) is 9.31. The number of aromatic nitrogens is 1. The lowest BCUT2D eigenvalue weighted by molar-refractivity contribution is -0.139. The fourth-order valence-corrected chi connectivity index (χ4v) is 2.61. The quantitative estimate of drug-likeness (QED) is 0.486. The van der Waals surface area contributed by atoms with Crippen molar-refractivity contribution in [1.29, 1.82) is 0 Å². The van der Waals surface area contributed by atoms with E-state index in [9.17, 15) is 18.8 Å². The molecule has 0 saturated heterocycles. The smallest absolute Gasteiger partial charge is 0.325 e. The molecule has 2 aromatic carbocycles. The molecule has 0 aliphatic heterocycles. The van der Waals surface area contributed by atoms with Crippen LogP contribution < -0.4 is 21.1 Å². The van der Waals surface area contributed by atoms with Gasteiger partial charge in [-0.1, -0.05) is 0 Å².